The first-order valence-electron chi connectivity index (χ1n) is 11.8. The van der Waals surface area contributed by atoms with E-state index in [0.29, 0.717) is 0 Å². The number of hydrogen-bond acceptors (Lipinski definition) is 3. The molecule has 0 spiro atoms. The van der Waals surface area contributed by atoms with Crippen LogP contribution >= 0.6 is 0 Å². The monoisotopic (exact) mass is 427 g/mol. The van der Waals surface area contributed by atoms with Crippen LogP contribution in [0, 0.1) is 0 Å². The lowest BCUT2D eigenvalue weighted by Gasteiger charge is -2.34. The summed E-state index contributed by atoms with van der Waals surface area (Å²) in [7, 11) is 4.33. The lowest BCUT2D eigenvalue weighted by molar-refractivity contribution is -0.122. The molecule has 0 fully saturated rings. The van der Waals surface area contributed by atoms with E-state index in [1.807, 2.05) is 23.1 Å². The van der Waals surface area contributed by atoms with Crippen molar-refractivity contribution in [2.45, 2.75) is 31.1 Å². The van der Waals surface area contributed by atoms with E-state index in [1.54, 1.807) is 0 Å². The van der Waals surface area contributed by atoms with Gasteiger partial charge in [0, 0.05) is 31.9 Å². The van der Waals surface area contributed by atoms with Crippen LogP contribution in [0.25, 0.3) is 0 Å². The normalized spacial score (nSPS) is 21.3. The number of carbonyl (C=O) groups is 1. The molecule has 0 aromatic heterocycles. The molecule has 3 heterocycles. The van der Waals surface area contributed by atoms with Gasteiger partial charge in [-0.1, -0.05) is 59.7 Å². The summed E-state index contributed by atoms with van der Waals surface area (Å²) >= 11 is 0. The number of para-hydroxylation sites is 2. The molecule has 2 aromatic rings. The number of hydrogen-bond donors (Lipinski definition) is 0. The molecule has 5 rings (SSSR count). The first kappa shape index (κ1) is 21.2. The topological polar surface area (TPSA) is 26.8 Å². The fourth-order valence-corrected chi connectivity index (χ4v) is 5.47. The summed E-state index contributed by atoms with van der Waals surface area (Å²) in [4.78, 5) is 21.1. The minimum absolute atomic E-state index is 0.226. The summed E-state index contributed by atoms with van der Waals surface area (Å²) in [6.45, 7) is 4.07. The van der Waals surface area contributed by atoms with Crippen molar-refractivity contribution >= 4 is 17.3 Å². The van der Waals surface area contributed by atoms with Crippen molar-refractivity contribution < 1.29 is 4.79 Å². The number of carbonyl (C=O) groups excluding carboxylic acids is 1. The van der Waals surface area contributed by atoms with Crippen LogP contribution in [0.15, 0.2) is 77.9 Å². The standard InChI is InChI=1S/C28H33N3O/c1-29-16-12-22(13-17-29)20-28(21-23-14-18-30(2)19-15-23)25-10-6-7-11-26(25)31(27(28)32)24-8-4-3-5-9-24/h3-12,14H,13,15-21H2,1-2H3. The molecule has 3 aliphatic rings. The lowest BCUT2D eigenvalue weighted by atomic mass is 9.70. The number of likely N-dealkylation sites (N-methyl/N-ethyl adjacent to an activating group) is 2. The van der Waals surface area contributed by atoms with Gasteiger partial charge in [0.2, 0.25) is 5.91 Å². The van der Waals surface area contributed by atoms with Gasteiger partial charge >= 0.3 is 0 Å². The van der Waals surface area contributed by atoms with E-state index in [2.05, 4.69) is 72.4 Å². The second-order valence-electron chi connectivity index (χ2n) is 9.68. The molecule has 3 aliphatic heterocycles. The van der Waals surface area contributed by atoms with Crippen LogP contribution < -0.4 is 4.90 Å². The Labute approximate surface area is 191 Å². The summed E-state index contributed by atoms with van der Waals surface area (Å²) < 4.78 is 0. The Morgan fingerprint density at radius 3 is 1.91 bits per heavy atom. The van der Waals surface area contributed by atoms with E-state index in [4.69, 9.17) is 0 Å². The van der Waals surface area contributed by atoms with Crippen molar-refractivity contribution in [1.29, 1.82) is 0 Å². The molecule has 4 heteroatoms. The van der Waals surface area contributed by atoms with Crippen LogP contribution in [0.3, 0.4) is 0 Å². The van der Waals surface area contributed by atoms with Gasteiger partial charge in [-0.3, -0.25) is 9.69 Å². The number of benzene rings is 2. The third-order valence-electron chi connectivity index (χ3n) is 7.36. The average Bonchev–Trinajstić information content (AvgIpc) is 3.05. The number of anilines is 2. The average molecular weight is 428 g/mol. The molecule has 0 radical (unpaired) electrons. The summed E-state index contributed by atoms with van der Waals surface area (Å²) in [5.41, 5.74) is 5.51. The summed E-state index contributed by atoms with van der Waals surface area (Å²) in [5.74, 6) is 0.226. The van der Waals surface area contributed by atoms with Crippen LogP contribution in [0.1, 0.15) is 31.2 Å². The molecule has 0 bridgehead atoms. The second kappa shape index (κ2) is 8.68. The van der Waals surface area contributed by atoms with Crippen molar-refractivity contribution in [3.05, 3.63) is 83.5 Å². The highest BCUT2D eigenvalue weighted by Crippen LogP contribution is 2.52. The van der Waals surface area contributed by atoms with Crippen LogP contribution in [0.2, 0.25) is 0 Å². The van der Waals surface area contributed by atoms with Gasteiger partial charge < -0.3 is 9.80 Å². The third kappa shape index (κ3) is 3.82. The first-order chi connectivity index (χ1) is 15.6. The molecule has 2 aromatic carbocycles. The maximum absolute atomic E-state index is 14.4. The SMILES string of the molecule is CN1CC=C(CC2(CC3=CCN(C)CC3)C(=O)N(c3ccccc3)c3ccccc32)CC1. The molecular formula is C28H33N3O. The van der Waals surface area contributed by atoms with E-state index in [-0.39, 0.29) is 5.91 Å². The van der Waals surface area contributed by atoms with Crippen LogP contribution in [0.5, 0.6) is 0 Å². The summed E-state index contributed by atoms with van der Waals surface area (Å²) in [5, 5.41) is 0. The summed E-state index contributed by atoms with van der Waals surface area (Å²) in [6, 6.07) is 18.6. The second-order valence-corrected chi connectivity index (χ2v) is 9.68. The molecule has 1 amide bonds. The van der Waals surface area contributed by atoms with E-state index >= 15 is 0 Å². The minimum Gasteiger partial charge on any atom is -0.302 e. The van der Waals surface area contributed by atoms with Crippen LogP contribution in [0.4, 0.5) is 11.4 Å². The van der Waals surface area contributed by atoms with E-state index in [1.165, 1.54) is 16.7 Å². The minimum atomic E-state index is -0.532. The Morgan fingerprint density at radius 2 is 1.34 bits per heavy atom. The summed E-state index contributed by atoms with van der Waals surface area (Å²) in [6.07, 6.45) is 8.42. The highest BCUT2D eigenvalue weighted by Gasteiger charge is 2.51. The van der Waals surface area contributed by atoms with Gasteiger partial charge in [0.05, 0.1) is 11.1 Å². The molecule has 0 unspecified atom stereocenters. The van der Waals surface area contributed by atoms with Gasteiger partial charge in [-0.05, 0) is 63.5 Å². The van der Waals surface area contributed by atoms with E-state index in [9.17, 15) is 4.79 Å². The fraction of sp³-hybridized carbons (Fsp3) is 0.393. The number of amides is 1. The van der Waals surface area contributed by atoms with Gasteiger partial charge in [0.1, 0.15) is 0 Å². The molecule has 166 valence electrons. The van der Waals surface area contributed by atoms with Crippen molar-refractivity contribution in [1.82, 2.24) is 9.80 Å². The largest absolute Gasteiger partial charge is 0.302 e. The highest BCUT2D eigenvalue weighted by molar-refractivity contribution is 6.13. The molecule has 0 atom stereocenters. The van der Waals surface area contributed by atoms with Gasteiger partial charge in [0.15, 0.2) is 0 Å². The van der Waals surface area contributed by atoms with Crippen LogP contribution in [-0.4, -0.2) is 56.0 Å². The first-order valence-corrected chi connectivity index (χ1v) is 11.8. The van der Waals surface area contributed by atoms with Crippen molar-refractivity contribution in [3.63, 3.8) is 0 Å². The van der Waals surface area contributed by atoms with Gasteiger partial charge in [-0.2, -0.15) is 0 Å². The number of nitrogens with zero attached hydrogens (tertiary/aromatic N) is 3. The van der Waals surface area contributed by atoms with Gasteiger partial charge in [-0.25, -0.2) is 0 Å². The third-order valence-corrected chi connectivity index (χ3v) is 7.36. The predicted molar refractivity (Wildman–Crippen MR) is 131 cm³/mol. The highest BCUT2D eigenvalue weighted by atomic mass is 16.2. The quantitative estimate of drug-likeness (QED) is 0.635. The maximum Gasteiger partial charge on any atom is 0.242 e. The van der Waals surface area contributed by atoms with Crippen molar-refractivity contribution in [2.75, 3.05) is 45.2 Å². The van der Waals surface area contributed by atoms with Gasteiger partial charge in [-0.15, -0.1) is 0 Å². The fourth-order valence-electron chi connectivity index (χ4n) is 5.47. The molecule has 0 N–H and O–H groups in total. The molecule has 0 saturated carbocycles. The Balaban J connectivity index is 1.61. The Bertz CT molecular complexity index is 1020. The zero-order chi connectivity index (χ0) is 22.1. The molecule has 4 nitrogen and oxygen atoms in total. The smallest absolute Gasteiger partial charge is 0.242 e. The maximum atomic E-state index is 14.4. The number of rotatable bonds is 5. The van der Waals surface area contributed by atoms with Gasteiger partial charge in [0.25, 0.3) is 0 Å². The molecular weight excluding hydrogens is 394 g/mol. The molecule has 0 aliphatic carbocycles. The van der Waals surface area contributed by atoms with E-state index < -0.39 is 5.41 Å². The predicted octanol–water partition coefficient (Wildman–Crippen LogP) is 4.91. The zero-order valence-electron chi connectivity index (χ0n) is 19.3. The van der Waals surface area contributed by atoms with Crippen LogP contribution in [-0.2, 0) is 10.2 Å². The van der Waals surface area contributed by atoms with E-state index in [0.717, 1.165) is 63.2 Å². The zero-order valence-corrected chi connectivity index (χ0v) is 19.3. The number of fused-ring (bicyclic) bond motifs is 1. The Kier molecular flexibility index (Phi) is 5.75. The molecule has 0 saturated heterocycles. The van der Waals surface area contributed by atoms with Crippen molar-refractivity contribution in [3.8, 4) is 0 Å². The Hall–Kier alpha value is -2.69. The molecule has 32 heavy (non-hydrogen) atoms. The lowest BCUT2D eigenvalue weighted by Crippen LogP contribution is -2.40. The Morgan fingerprint density at radius 1 is 0.781 bits per heavy atom. The van der Waals surface area contributed by atoms with Crippen molar-refractivity contribution in [2.24, 2.45) is 0 Å².